The van der Waals surface area contributed by atoms with E-state index in [4.69, 9.17) is 0 Å². The van der Waals surface area contributed by atoms with E-state index in [0.29, 0.717) is 0 Å². The lowest BCUT2D eigenvalue weighted by molar-refractivity contribution is 0.0396. The SMILES string of the molecule is CNC1CCCC(N2CCC3CCCCC3C2)C1. The fraction of sp³-hybridized carbons (Fsp3) is 1.00. The van der Waals surface area contributed by atoms with Gasteiger partial charge in [0.15, 0.2) is 0 Å². The van der Waals surface area contributed by atoms with E-state index in [9.17, 15) is 0 Å². The molecule has 18 heavy (non-hydrogen) atoms. The molecule has 2 saturated carbocycles. The summed E-state index contributed by atoms with van der Waals surface area (Å²) in [5.41, 5.74) is 0. The van der Waals surface area contributed by atoms with Crippen molar-refractivity contribution in [1.82, 2.24) is 10.2 Å². The van der Waals surface area contributed by atoms with Gasteiger partial charge in [-0.15, -0.1) is 0 Å². The first-order chi connectivity index (χ1) is 8.86. The Morgan fingerprint density at radius 1 is 0.889 bits per heavy atom. The number of hydrogen-bond acceptors (Lipinski definition) is 2. The maximum absolute atomic E-state index is 3.50. The average molecular weight is 250 g/mol. The molecule has 1 heterocycles. The van der Waals surface area contributed by atoms with E-state index in [0.717, 1.165) is 23.9 Å². The molecule has 0 aromatic rings. The molecule has 3 fully saturated rings. The van der Waals surface area contributed by atoms with Gasteiger partial charge < -0.3 is 10.2 Å². The first-order valence-corrected chi connectivity index (χ1v) is 8.28. The summed E-state index contributed by atoms with van der Waals surface area (Å²) in [6.45, 7) is 2.81. The maximum atomic E-state index is 3.50. The number of hydrogen-bond donors (Lipinski definition) is 1. The van der Waals surface area contributed by atoms with E-state index in [1.165, 1.54) is 70.9 Å². The smallest absolute Gasteiger partial charge is 0.0110 e. The Kier molecular flexibility index (Phi) is 4.25. The predicted molar refractivity (Wildman–Crippen MR) is 76.7 cm³/mol. The van der Waals surface area contributed by atoms with Crippen molar-refractivity contribution in [3.63, 3.8) is 0 Å². The van der Waals surface area contributed by atoms with Crippen LogP contribution < -0.4 is 5.32 Å². The van der Waals surface area contributed by atoms with Gasteiger partial charge in [-0.25, -0.2) is 0 Å². The molecule has 2 heteroatoms. The Hall–Kier alpha value is -0.0800. The summed E-state index contributed by atoms with van der Waals surface area (Å²) in [4.78, 5) is 2.86. The highest BCUT2D eigenvalue weighted by Gasteiger charge is 2.35. The van der Waals surface area contributed by atoms with Gasteiger partial charge in [0.1, 0.15) is 0 Å². The summed E-state index contributed by atoms with van der Waals surface area (Å²) < 4.78 is 0. The first kappa shape index (κ1) is 12.9. The zero-order valence-corrected chi connectivity index (χ0v) is 12.0. The van der Waals surface area contributed by atoms with E-state index in [1.54, 1.807) is 0 Å². The van der Waals surface area contributed by atoms with Crippen LogP contribution in [-0.2, 0) is 0 Å². The van der Waals surface area contributed by atoms with Crippen molar-refractivity contribution in [3.05, 3.63) is 0 Å². The highest BCUT2D eigenvalue weighted by Crippen LogP contribution is 2.38. The van der Waals surface area contributed by atoms with Gasteiger partial charge in [0.25, 0.3) is 0 Å². The Balaban J connectivity index is 1.56. The van der Waals surface area contributed by atoms with Crippen LogP contribution in [0.1, 0.15) is 57.8 Å². The Labute approximate surface area is 113 Å². The van der Waals surface area contributed by atoms with Crippen molar-refractivity contribution in [2.75, 3.05) is 20.1 Å². The molecule has 3 rings (SSSR count). The number of nitrogens with zero attached hydrogens (tertiary/aromatic N) is 1. The van der Waals surface area contributed by atoms with Crippen molar-refractivity contribution in [1.29, 1.82) is 0 Å². The minimum atomic E-state index is 0.785. The van der Waals surface area contributed by atoms with Crippen LogP contribution in [0.4, 0.5) is 0 Å². The highest BCUT2D eigenvalue weighted by atomic mass is 15.2. The number of rotatable bonds is 2. The molecular formula is C16H30N2. The van der Waals surface area contributed by atoms with Crippen LogP contribution in [0.2, 0.25) is 0 Å². The zero-order chi connectivity index (χ0) is 12.4. The standard InChI is InChI=1S/C16H30N2/c1-17-15-7-4-8-16(11-15)18-10-9-13-5-2-3-6-14(13)12-18/h13-17H,2-12H2,1H3. The number of nitrogens with one attached hydrogen (secondary N) is 1. The van der Waals surface area contributed by atoms with Crippen molar-refractivity contribution in [3.8, 4) is 0 Å². The van der Waals surface area contributed by atoms with Gasteiger partial charge in [0, 0.05) is 18.6 Å². The summed E-state index contributed by atoms with van der Waals surface area (Å²) >= 11 is 0. The summed E-state index contributed by atoms with van der Waals surface area (Å²) in [5, 5.41) is 3.50. The molecule has 1 saturated heterocycles. The second-order valence-electron chi connectivity index (χ2n) is 6.89. The molecule has 1 N–H and O–H groups in total. The van der Waals surface area contributed by atoms with Crippen LogP contribution >= 0.6 is 0 Å². The van der Waals surface area contributed by atoms with Crippen molar-refractivity contribution in [2.24, 2.45) is 11.8 Å². The van der Waals surface area contributed by atoms with Crippen LogP contribution in [0, 0.1) is 11.8 Å². The fourth-order valence-corrected chi connectivity index (χ4v) is 4.72. The molecule has 0 aromatic heterocycles. The second kappa shape index (κ2) is 5.92. The van der Waals surface area contributed by atoms with Crippen LogP contribution in [0.5, 0.6) is 0 Å². The molecule has 2 nitrogen and oxygen atoms in total. The van der Waals surface area contributed by atoms with Crippen LogP contribution in [0.25, 0.3) is 0 Å². The Morgan fingerprint density at radius 2 is 1.72 bits per heavy atom. The van der Waals surface area contributed by atoms with Gasteiger partial charge >= 0.3 is 0 Å². The van der Waals surface area contributed by atoms with Gasteiger partial charge in [-0.2, -0.15) is 0 Å². The van der Waals surface area contributed by atoms with Gasteiger partial charge in [-0.3, -0.25) is 0 Å². The molecule has 104 valence electrons. The minimum absolute atomic E-state index is 0.785. The molecule has 0 aromatic carbocycles. The van der Waals surface area contributed by atoms with E-state index >= 15 is 0 Å². The molecule has 0 amide bonds. The molecule has 1 aliphatic heterocycles. The summed E-state index contributed by atoms with van der Waals surface area (Å²) in [7, 11) is 2.14. The molecule has 4 atom stereocenters. The van der Waals surface area contributed by atoms with Crippen LogP contribution in [0.3, 0.4) is 0 Å². The summed E-state index contributed by atoms with van der Waals surface area (Å²) in [5.74, 6) is 2.13. The van der Waals surface area contributed by atoms with Crippen molar-refractivity contribution < 1.29 is 0 Å². The molecule has 0 spiro atoms. The quantitative estimate of drug-likeness (QED) is 0.810. The van der Waals surface area contributed by atoms with Gasteiger partial charge in [-0.1, -0.05) is 25.7 Å². The summed E-state index contributed by atoms with van der Waals surface area (Å²) in [6, 6.07) is 1.67. The third-order valence-electron chi connectivity index (χ3n) is 5.89. The van der Waals surface area contributed by atoms with E-state index in [2.05, 4.69) is 17.3 Å². The third kappa shape index (κ3) is 2.75. The van der Waals surface area contributed by atoms with E-state index in [-0.39, 0.29) is 0 Å². The number of fused-ring (bicyclic) bond motifs is 1. The third-order valence-corrected chi connectivity index (χ3v) is 5.89. The van der Waals surface area contributed by atoms with Crippen molar-refractivity contribution >= 4 is 0 Å². The molecule has 4 unspecified atom stereocenters. The Morgan fingerprint density at radius 3 is 2.56 bits per heavy atom. The monoisotopic (exact) mass is 250 g/mol. The fourth-order valence-electron chi connectivity index (χ4n) is 4.72. The Bertz CT molecular complexity index is 266. The highest BCUT2D eigenvalue weighted by molar-refractivity contribution is 4.89. The molecule has 0 bridgehead atoms. The van der Waals surface area contributed by atoms with Crippen LogP contribution in [-0.4, -0.2) is 37.1 Å². The van der Waals surface area contributed by atoms with E-state index < -0.39 is 0 Å². The molecule has 3 aliphatic rings. The number of piperidine rings is 1. The first-order valence-electron chi connectivity index (χ1n) is 8.28. The van der Waals surface area contributed by atoms with Gasteiger partial charge in [-0.05, 0) is 57.5 Å². The molecule has 2 aliphatic carbocycles. The van der Waals surface area contributed by atoms with Crippen molar-refractivity contribution in [2.45, 2.75) is 69.9 Å². The lowest BCUT2D eigenvalue weighted by Crippen LogP contribution is -2.50. The molecule has 0 radical (unpaired) electrons. The summed E-state index contributed by atoms with van der Waals surface area (Å²) in [6.07, 6.45) is 13.2. The largest absolute Gasteiger partial charge is 0.317 e. The maximum Gasteiger partial charge on any atom is 0.0110 e. The lowest BCUT2D eigenvalue weighted by atomic mass is 9.74. The average Bonchev–Trinajstić information content (AvgIpc) is 2.47. The van der Waals surface area contributed by atoms with Gasteiger partial charge in [0.05, 0.1) is 0 Å². The lowest BCUT2D eigenvalue weighted by Gasteiger charge is -2.46. The topological polar surface area (TPSA) is 15.3 Å². The molecular weight excluding hydrogens is 220 g/mol. The second-order valence-corrected chi connectivity index (χ2v) is 6.89. The van der Waals surface area contributed by atoms with Gasteiger partial charge in [0.2, 0.25) is 0 Å². The van der Waals surface area contributed by atoms with Crippen LogP contribution in [0.15, 0.2) is 0 Å². The predicted octanol–water partition coefficient (Wildman–Crippen LogP) is 3.03. The van der Waals surface area contributed by atoms with E-state index in [1.807, 2.05) is 0 Å². The normalized spacial score (nSPS) is 42.5. The minimum Gasteiger partial charge on any atom is -0.317 e. The number of likely N-dealkylation sites (tertiary alicyclic amines) is 1. The zero-order valence-electron chi connectivity index (χ0n) is 12.0.